The molecule has 0 heterocycles. The van der Waals surface area contributed by atoms with Gasteiger partial charge in [-0.2, -0.15) is 12.6 Å². The van der Waals surface area contributed by atoms with E-state index in [1.165, 1.54) is 6.92 Å². The van der Waals surface area contributed by atoms with Gasteiger partial charge in [0.2, 0.25) is 5.91 Å². The van der Waals surface area contributed by atoms with Gasteiger partial charge in [-0.05, 0) is 39.8 Å². The summed E-state index contributed by atoms with van der Waals surface area (Å²) in [5, 5.41) is 5.70. The number of Topliss-reactive ketones (excluding diaryl/α,β-unsaturated/α-hetero) is 1. The lowest BCUT2D eigenvalue weighted by atomic mass is 10.1. The van der Waals surface area contributed by atoms with E-state index >= 15 is 0 Å². The number of amides is 1. The number of hydrogen-bond acceptors (Lipinski definition) is 4. The molecule has 15 heavy (non-hydrogen) atoms. The molecule has 2 N–H and O–H groups in total. The first-order chi connectivity index (χ1) is 7.11. The van der Waals surface area contributed by atoms with Gasteiger partial charge in [0.05, 0.1) is 11.8 Å². The third-order valence-corrected chi connectivity index (χ3v) is 2.43. The van der Waals surface area contributed by atoms with Crippen LogP contribution >= 0.6 is 12.6 Å². The number of unbranched alkanes of at least 4 members (excludes halogenated alkanes) is 1. The van der Waals surface area contributed by atoms with E-state index in [0.29, 0.717) is 6.42 Å². The summed E-state index contributed by atoms with van der Waals surface area (Å²) in [6.45, 7) is 2.44. The van der Waals surface area contributed by atoms with Crippen molar-refractivity contribution in [2.24, 2.45) is 0 Å². The first kappa shape index (κ1) is 14.5. The topological polar surface area (TPSA) is 58.2 Å². The molecule has 0 saturated heterocycles. The van der Waals surface area contributed by atoms with Crippen LogP contribution in [0.1, 0.15) is 26.2 Å². The third kappa shape index (κ3) is 7.39. The third-order valence-electron chi connectivity index (χ3n) is 2.14. The molecule has 0 aromatic rings. The van der Waals surface area contributed by atoms with E-state index in [9.17, 15) is 9.59 Å². The van der Waals surface area contributed by atoms with Crippen molar-refractivity contribution >= 4 is 24.3 Å². The Kier molecular flexibility index (Phi) is 8.41. The summed E-state index contributed by atoms with van der Waals surface area (Å²) >= 11 is 3.85. The van der Waals surface area contributed by atoms with Crippen molar-refractivity contribution < 1.29 is 9.59 Å². The SMILES string of the molecule is CNCCCCC(NC(=O)CS)C(C)=O. The van der Waals surface area contributed by atoms with E-state index in [4.69, 9.17) is 0 Å². The Balaban J connectivity index is 3.84. The Labute approximate surface area is 96.6 Å². The number of hydrogen-bond donors (Lipinski definition) is 3. The Bertz CT molecular complexity index is 210. The lowest BCUT2D eigenvalue weighted by Gasteiger charge is -2.14. The second kappa shape index (κ2) is 8.73. The lowest BCUT2D eigenvalue weighted by Crippen LogP contribution is -2.40. The average molecular weight is 232 g/mol. The van der Waals surface area contributed by atoms with Crippen molar-refractivity contribution in [2.75, 3.05) is 19.3 Å². The predicted molar refractivity (Wildman–Crippen MR) is 64.2 cm³/mol. The van der Waals surface area contributed by atoms with Gasteiger partial charge in [0, 0.05) is 0 Å². The Morgan fingerprint density at radius 2 is 2.00 bits per heavy atom. The molecule has 1 atom stereocenters. The zero-order chi connectivity index (χ0) is 11.7. The number of thiol groups is 1. The molecule has 0 rings (SSSR count). The summed E-state index contributed by atoms with van der Waals surface area (Å²) < 4.78 is 0. The standard InChI is InChI=1S/C10H20N2O2S/c1-8(13)9(12-10(14)7-15)5-3-4-6-11-2/h9,11,15H,3-7H2,1-2H3,(H,12,14). The zero-order valence-corrected chi connectivity index (χ0v) is 10.3. The highest BCUT2D eigenvalue weighted by atomic mass is 32.1. The van der Waals surface area contributed by atoms with E-state index in [-0.39, 0.29) is 23.5 Å². The van der Waals surface area contributed by atoms with Gasteiger partial charge in [-0.3, -0.25) is 9.59 Å². The van der Waals surface area contributed by atoms with Crippen LogP contribution in [0.2, 0.25) is 0 Å². The van der Waals surface area contributed by atoms with Crippen LogP contribution in [0.25, 0.3) is 0 Å². The normalized spacial score (nSPS) is 12.2. The number of carbonyl (C=O) groups is 2. The summed E-state index contributed by atoms with van der Waals surface area (Å²) in [5.74, 6) is -0.0537. The molecule has 0 aliphatic heterocycles. The molecule has 88 valence electrons. The van der Waals surface area contributed by atoms with Crippen molar-refractivity contribution in [1.29, 1.82) is 0 Å². The summed E-state index contributed by atoms with van der Waals surface area (Å²) in [4.78, 5) is 22.3. The van der Waals surface area contributed by atoms with Gasteiger partial charge in [-0.25, -0.2) is 0 Å². The van der Waals surface area contributed by atoms with Gasteiger partial charge in [0.1, 0.15) is 0 Å². The monoisotopic (exact) mass is 232 g/mol. The number of nitrogens with one attached hydrogen (secondary N) is 2. The fraction of sp³-hybridized carbons (Fsp3) is 0.800. The van der Waals surface area contributed by atoms with Crippen molar-refractivity contribution in [1.82, 2.24) is 10.6 Å². The molecule has 0 fully saturated rings. The molecule has 5 heteroatoms. The van der Waals surface area contributed by atoms with E-state index in [1.807, 2.05) is 7.05 Å². The highest BCUT2D eigenvalue weighted by molar-refractivity contribution is 7.81. The molecule has 0 bridgehead atoms. The second-order valence-corrected chi connectivity index (χ2v) is 3.80. The fourth-order valence-corrected chi connectivity index (χ4v) is 1.36. The average Bonchev–Trinajstić information content (AvgIpc) is 2.21. The summed E-state index contributed by atoms with van der Waals surface area (Å²) in [5.41, 5.74) is 0. The van der Waals surface area contributed by atoms with Gasteiger partial charge in [0.15, 0.2) is 5.78 Å². The quantitative estimate of drug-likeness (QED) is 0.419. The molecule has 0 aromatic carbocycles. The van der Waals surface area contributed by atoms with Crippen LogP contribution in [0.3, 0.4) is 0 Å². The van der Waals surface area contributed by atoms with Gasteiger partial charge in [0.25, 0.3) is 0 Å². The van der Waals surface area contributed by atoms with E-state index < -0.39 is 0 Å². The largest absolute Gasteiger partial charge is 0.346 e. The smallest absolute Gasteiger partial charge is 0.230 e. The summed E-state index contributed by atoms with van der Waals surface area (Å²) in [6, 6.07) is -0.346. The van der Waals surface area contributed by atoms with Crippen LogP contribution in [0.15, 0.2) is 0 Å². The van der Waals surface area contributed by atoms with Crippen LogP contribution in [-0.4, -0.2) is 37.1 Å². The first-order valence-electron chi connectivity index (χ1n) is 5.17. The van der Waals surface area contributed by atoms with Crippen molar-refractivity contribution in [3.8, 4) is 0 Å². The van der Waals surface area contributed by atoms with Gasteiger partial charge in [-0.15, -0.1) is 0 Å². The van der Waals surface area contributed by atoms with Crippen molar-refractivity contribution in [3.05, 3.63) is 0 Å². The highest BCUT2D eigenvalue weighted by Gasteiger charge is 2.15. The number of ketones is 1. The minimum atomic E-state index is -0.346. The molecule has 1 unspecified atom stereocenters. The Hall–Kier alpha value is -0.550. The van der Waals surface area contributed by atoms with E-state index in [1.54, 1.807) is 0 Å². The molecule has 0 aliphatic carbocycles. The van der Waals surface area contributed by atoms with Crippen LogP contribution in [0.4, 0.5) is 0 Å². The van der Waals surface area contributed by atoms with Crippen LogP contribution in [0.5, 0.6) is 0 Å². The Morgan fingerprint density at radius 3 is 2.47 bits per heavy atom. The molecular formula is C10H20N2O2S. The molecule has 0 aromatic heterocycles. The minimum Gasteiger partial charge on any atom is -0.346 e. The second-order valence-electron chi connectivity index (χ2n) is 3.49. The molecule has 0 radical (unpaired) electrons. The van der Waals surface area contributed by atoms with Gasteiger partial charge < -0.3 is 10.6 Å². The maximum Gasteiger partial charge on any atom is 0.230 e. The zero-order valence-electron chi connectivity index (χ0n) is 9.38. The van der Waals surface area contributed by atoms with Gasteiger partial charge in [-0.1, -0.05) is 0 Å². The Morgan fingerprint density at radius 1 is 1.33 bits per heavy atom. The van der Waals surface area contributed by atoms with Crippen LogP contribution in [0, 0.1) is 0 Å². The summed E-state index contributed by atoms with van der Waals surface area (Å²) in [7, 11) is 1.89. The fourth-order valence-electron chi connectivity index (χ4n) is 1.27. The molecule has 4 nitrogen and oxygen atoms in total. The highest BCUT2D eigenvalue weighted by Crippen LogP contribution is 2.02. The van der Waals surface area contributed by atoms with Gasteiger partial charge >= 0.3 is 0 Å². The van der Waals surface area contributed by atoms with Crippen molar-refractivity contribution in [2.45, 2.75) is 32.2 Å². The molecule has 0 saturated carbocycles. The predicted octanol–water partition coefficient (Wildman–Crippen LogP) is 0.380. The van der Waals surface area contributed by atoms with Crippen LogP contribution in [-0.2, 0) is 9.59 Å². The number of rotatable bonds is 8. The molecule has 0 spiro atoms. The molecular weight excluding hydrogens is 212 g/mol. The van der Waals surface area contributed by atoms with E-state index in [0.717, 1.165) is 19.4 Å². The maximum atomic E-state index is 11.2. The van der Waals surface area contributed by atoms with Crippen molar-refractivity contribution in [3.63, 3.8) is 0 Å². The number of carbonyl (C=O) groups excluding carboxylic acids is 2. The lowest BCUT2D eigenvalue weighted by molar-refractivity contribution is -0.125. The minimum absolute atomic E-state index is 0.00888. The molecule has 1 amide bonds. The molecule has 0 aliphatic rings. The summed E-state index contributed by atoms with van der Waals surface area (Å²) in [6.07, 6.45) is 2.64. The first-order valence-corrected chi connectivity index (χ1v) is 5.80. The van der Waals surface area contributed by atoms with Crippen LogP contribution < -0.4 is 10.6 Å². The maximum absolute atomic E-state index is 11.2. The van der Waals surface area contributed by atoms with E-state index in [2.05, 4.69) is 23.3 Å².